The smallest absolute Gasteiger partial charge is 0.244 e. The minimum absolute atomic E-state index is 0.0793. The van der Waals surface area contributed by atoms with Crippen molar-refractivity contribution in [3.8, 4) is 0 Å². The molecule has 0 fully saturated rings. The summed E-state index contributed by atoms with van der Waals surface area (Å²) in [5.74, 6) is -0.0793. The first-order valence-corrected chi connectivity index (χ1v) is 7.08. The second-order valence-electron chi connectivity index (χ2n) is 5.04. The van der Waals surface area contributed by atoms with E-state index in [1.807, 2.05) is 41.3 Å². The molecule has 3 rings (SSSR count). The van der Waals surface area contributed by atoms with Gasteiger partial charge >= 0.3 is 0 Å². The van der Waals surface area contributed by atoms with Crippen LogP contribution in [0.3, 0.4) is 0 Å². The monoisotopic (exact) mass is 302 g/mol. The quantitative estimate of drug-likeness (QED) is 0.893. The Balaban J connectivity index is 2.07. The van der Waals surface area contributed by atoms with Crippen molar-refractivity contribution in [1.29, 1.82) is 0 Å². The van der Waals surface area contributed by atoms with Crippen molar-refractivity contribution < 1.29 is 9.90 Å². The second kappa shape index (κ2) is 5.39. The fraction of sp³-hybridized carbons (Fsp3) is 0.188. The number of rotatable bonds is 2. The van der Waals surface area contributed by atoms with Gasteiger partial charge in [-0.2, -0.15) is 0 Å². The van der Waals surface area contributed by atoms with E-state index in [0.717, 1.165) is 22.6 Å². The highest BCUT2D eigenvalue weighted by Crippen LogP contribution is 2.38. The van der Waals surface area contributed by atoms with Crippen molar-refractivity contribution in [3.05, 3.63) is 53.1 Å². The number of fused-ring (bicyclic) bond motifs is 1. The van der Waals surface area contributed by atoms with E-state index in [9.17, 15) is 9.90 Å². The van der Waals surface area contributed by atoms with Crippen molar-refractivity contribution in [1.82, 2.24) is 0 Å². The Morgan fingerprint density at radius 2 is 2.00 bits per heavy atom. The van der Waals surface area contributed by atoms with Gasteiger partial charge in [0.2, 0.25) is 5.91 Å². The van der Waals surface area contributed by atoms with Crippen LogP contribution in [0.1, 0.15) is 18.6 Å². The molecule has 2 N–H and O–H groups in total. The first-order chi connectivity index (χ1) is 10.1. The molecule has 108 valence electrons. The molecule has 1 atom stereocenters. The number of anilines is 3. The number of aliphatic hydroxyl groups excluding tert-OH is 1. The van der Waals surface area contributed by atoms with Gasteiger partial charge in [0, 0.05) is 0 Å². The van der Waals surface area contributed by atoms with E-state index in [1.165, 1.54) is 0 Å². The Kier molecular flexibility index (Phi) is 3.57. The summed E-state index contributed by atoms with van der Waals surface area (Å²) in [5, 5.41) is 13.0. The van der Waals surface area contributed by atoms with Gasteiger partial charge in [0.25, 0.3) is 0 Å². The van der Waals surface area contributed by atoms with Crippen LogP contribution in [0, 0.1) is 0 Å². The summed E-state index contributed by atoms with van der Waals surface area (Å²) in [7, 11) is 0. The molecular weight excluding hydrogens is 288 g/mol. The molecule has 2 aromatic carbocycles. The molecule has 0 radical (unpaired) electrons. The molecule has 0 spiro atoms. The van der Waals surface area contributed by atoms with E-state index < -0.39 is 6.10 Å². The van der Waals surface area contributed by atoms with Gasteiger partial charge in [-0.3, -0.25) is 4.79 Å². The third-order valence-corrected chi connectivity index (χ3v) is 3.82. The Morgan fingerprint density at radius 1 is 1.24 bits per heavy atom. The third kappa shape index (κ3) is 2.60. The maximum Gasteiger partial charge on any atom is 0.244 e. The number of para-hydroxylation sites is 2. The first kappa shape index (κ1) is 13.9. The summed E-state index contributed by atoms with van der Waals surface area (Å²) in [6.07, 6.45) is -0.575. The summed E-state index contributed by atoms with van der Waals surface area (Å²) < 4.78 is 0. The molecule has 0 aliphatic carbocycles. The SMILES string of the molecule is C[C@@H](O)c1ccc(N2CC(=O)Nc3ccccc32)c(Cl)c1. The molecule has 1 aliphatic heterocycles. The zero-order chi connectivity index (χ0) is 15.0. The molecule has 5 heteroatoms. The zero-order valence-electron chi connectivity index (χ0n) is 11.5. The number of carbonyl (C=O) groups is 1. The van der Waals surface area contributed by atoms with Gasteiger partial charge in [0.15, 0.2) is 0 Å². The van der Waals surface area contributed by atoms with E-state index in [2.05, 4.69) is 5.32 Å². The Bertz CT molecular complexity index is 700. The molecule has 0 unspecified atom stereocenters. The molecule has 21 heavy (non-hydrogen) atoms. The van der Waals surface area contributed by atoms with Gasteiger partial charge in [-0.15, -0.1) is 0 Å². The van der Waals surface area contributed by atoms with Crippen molar-refractivity contribution in [2.24, 2.45) is 0 Å². The lowest BCUT2D eigenvalue weighted by Crippen LogP contribution is -2.35. The Hall–Kier alpha value is -2.04. The van der Waals surface area contributed by atoms with Crippen LogP contribution in [0.4, 0.5) is 17.1 Å². The van der Waals surface area contributed by atoms with Gasteiger partial charge in [-0.05, 0) is 36.8 Å². The minimum atomic E-state index is -0.575. The number of carbonyl (C=O) groups excluding carboxylic acids is 1. The van der Waals surface area contributed by atoms with Gasteiger partial charge in [0.05, 0.1) is 28.2 Å². The average molecular weight is 303 g/mol. The molecular formula is C16H15ClN2O2. The predicted octanol–water partition coefficient (Wildman–Crippen LogP) is 3.48. The maximum absolute atomic E-state index is 11.9. The van der Waals surface area contributed by atoms with Crippen molar-refractivity contribution in [2.75, 3.05) is 16.8 Å². The summed E-state index contributed by atoms with van der Waals surface area (Å²) >= 11 is 6.34. The highest BCUT2D eigenvalue weighted by Gasteiger charge is 2.24. The van der Waals surface area contributed by atoms with E-state index in [1.54, 1.807) is 13.0 Å². The number of aliphatic hydroxyl groups is 1. The van der Waals surface area contributed by atoms with Crippen LogP contribution in [0.5, 0.6) is 0 Å². The topological polar surface area (TPSA) is 52.6 Å². The summed E-state index contributed by atoms with van der Waals surface area (Å²) in [5.41, 5.74) is 3.18. The van der Waals surface area contributed by atoms with Gasteiger partial charge in [-0.1, -0.05) is 29.8 Å². The standard InChI is InChI=1S/C16H15ClN2O2/c1-10(20)11-6-7-14(12(17)8-11)19-9-16(21)18-13-4-2-3-5-15(13)19/h2-8,10,20H,9H2,1H3,(H,18,21)/t10-/m1/s1. The number of nitrogens with one attached hydrogen (secondary N) is 1. The lowest BCUT2D eigenvalue weighted by atomic mass is 10.1. The summed E-state index contributed by atoms with van der Waals surface area (Å²) in [4.78, 5) is 13.7. The highest BCUT2D eigenvalue weighted by atomic mass is 35.5. The van der Waals surface area contributed by atoms with Gasteiger partial charge in [0.1, 0.15) is 6.54 Å². The van der Waals surface area contributed by atoms with Gasteiger partial charge < -0.3 is 15.3 Å². The molecule has 0 aromatic heterocycles. The van der Waals surface area contributed by atoms with E-state index in [0.29, 0.717) is 5.02 Å². The minimum Gasteiger partial charge on any atom is -0.389 e. The number of benzene rings is 2. The molecule has 0 saturated heterocycles. The molecule has 2 aromatic rings. The lowest BCUT2D eigenvalue weighted by molar-refractivity contribution is -0.115. The predicted molar refractivity (Wildman–Crippen MR) is 84.2 cm³/mol. The summed E-state index contributed by atoms with van der Waals surface area (Å²) in [6, 6.07) is 13.0. The molecule has 0 bridgehead atoms. The highest BCUT2D eigenvalue weighted by molar-refractivity contribution is 6.33. The van der Waals surface area contributed by atoms with Crippen LogP contribution in [0.15, 0.2) is 42.5 Å². The van der Waals surface area contributed by atoms with Crippen LogP contribution in [0.2, 0.25) is 5.02 Å². The van der Waals surface area contributed by atoms with Crippen molar-refractivity contribution in [2.45, 2.75) is 13.0 Å². The number of hydrogen-bond acceptors (Lipinski definition) is 3. The largest absolute Gasteiger partial charge is 0.389 e. The summed E-state index contributed by atoms with van der Waals surface area (Å²) in [6.45, 7) is 1.90. The molecule has 1 aliphatic rings. The van der Waals surface area contributed by atoms with Gasteiger partial charge in [-0.25, -0.2) is 0 Å². The normalized spacial score (nSPS) is 15.4. The number of halogens is 1. The number of amides is 1. The van der Waals surface area contributed by atoms with E-state index >= 15 is 0 Å². The zero-order valence-corrected chi connectivity index (χ0v) is 12.3. The van der Waals surface area contributed by atoms with E-state index in [4.69, 9.17) is 11.6 Å². The molecule has 0 saturated carbocycles. The van der Waals surface area contributed by atoms with Crippen LogP contribution >= 0.6 is 11.6 Å². The molecule has 4 nitrogen and oxygen atoms in total. The fourth-order valence-electron chi connectivity index (χ4n) is 2.45. The number of nitrogens with zero attached hydrogens (tertiary/aromatic N) is 1. The second-order valence-corrected chi connectivity index (χ2v) is 5.45. The van der Waals surface area contributed by atoms with Crippen LogP contribution < -0.4 is 10.2 Å². The van der Waals surface area contributed by atoms with E-state index in [-0.39, 0.29) is 12.5 Å². The fourth-order valence-corrected chi connectivity index (χ4v) is 2.74. The van der Waals surface area contributed by atoms with Crippen molar-refractivity contribution in [3.63, 3.8) is 0 Å². The van der Waals surface area contributed by atoms with Crippen molar-refractivity contribution >= 4 is 34.6 Å². The molecule has 1 amide bonds. The Morgan fingerprint density at radius 3 is 2.71 bits per heavy atom. The number of hydrogen-bond donors (Lipinski definition) is 2. The average Bonchev–Trinajstić information content (AvgIpc) is 2.46. The van der Waals surface area contributed by atoms with Crippen LogP contribution in [0.25, 0.3) is 0 Å². The lowest BCUT2D eigenvalue weighted by Gasteiger charge is -2.31. The third-order valence-electron chi connectivity index (χ3n) is 3.52. The molecule has 1 heterocycles. The maximum atomic E-state index is 11.9. The Labute approximate surface area is 128 Å². The van der Waals surface area contributed by atoms with Crippen LogP contribution in [-0.2, 0) is 4.79 Å². The van der Waals surface area contributed by atoms with Crippen LogP contribution in [-0.4, -0.2) is 17.6 Å². The first-order valence-electron chi connectivity index (χ1n) is 6.70.